The van der Waals surface area contributed by atoms with Crippen molar-refractivity contribution in [1.29, 1.82) is 0 Å². The number of anilines is 1. The van der Waals surface area contributed by atoms with Gasteiger partial charge in [-0.2, -0.15) is 4.98 Å². The second-order valence-corrected chi connectivity index (χ2v) is 6.09. The quantitative estimate of drug-likeness (QED) is 0.866. The SMILES string of the molecule is O=S(=O)(Nc1ccnc(Cl)n1)c1ccccc1Br. The molecule has 2 aromatic rings. The number of halogens is 2. The van der Waals surface area contributed by atoms with Gasteiger partial charge in [0.15, 0.2) is 0 Å². The summed E-state index contributed by atoms with van der Waals surface area (Å²) < 4.78 is 27.0. The van der Waals surface area contributed by atoms with Crippen molar-refractivity contribution in [1.82, 2.24) is 9.97 Å². The molecule has 0 aliphatic carbocycles. The summed E-state index contributed by atoms with van der Waals surface area (Å²) in [7, 11) is -3.71. The summed E-state index contributed by atoms with van der Waals surface area (Å²) in [5.41, 5.74) is 0. The lowest BCUT2D eigenvalue weighted by molar-refractivity contribution is 0.600. The first-order chi connectivity index (χ1) is 8.49. The van der Waals surface area contributed by atoms with E-state index in [0.717, 1.165) is 0 Å². The Bertz CT molecular complexity index is 678. The Morgan fingerprint density at radius 2 is 1.94 bits per heavy atom. The Balaban J connectivity index is 2.37. The molecule has 0 saturated carbocycles. The van der Waals surface area contributed by atoms with Crippen molar-refractivity contribution in [3.63, 3.8) is 0 Å². The van der Waals surface area contributed by atoms with Gasteiger partial charge in [0.05, 0.1) is 0 Å². The Labute approximate surface area is 117 Å². The van der Waals surface area contributed by atoms with Crippen LogP contribution in [0.25, 0.3) is 0 Å². The maximum Gasteiger partial charge on any atom is 0.264 e. The first kappa shape index (κ1) is 13.3. The van der Waals surface area contributed by atoms with Gasteiger partial charge in [0.2, 0.25) is 5.28 Å². The molecule has 0 radical (unpaired) electrons. The molecule has 1 heterocycles. The van der Waals surface area contributed by atoms with E-state index in [2.05, 4.69) is 30.6 Å². The van der Waals surface area contributed by atoms with E-state index in [1.807, 2.05) is 0 Å². The molecule has 0 bridgehead atoms. The van der Waals surface area contributed by atoms with Crippen LogP contribution in [0.4, 0.5) is 5.82 Å². The van der Waals surface area contributed by atoms with Gasteiger partial charge < -0.3 is 0 Å². The summed E-state index contributed by atoms with van der Waals surface area (Å²) in [5.74, 6) is 0.116. The number of aromatic nitrogens is 2. The van der Waals surface area contributed by atoms with Crippen molar-refractivity contribution in [2.45, 2.75) is 4.90 Å². The van der Waals surface area contributed by atoms with Gasteiger partial charge in [-0.25, -0.2) is 13.4 Å². The maximum absolute atomic E-state index is 12.1. The van der Waals surface area contributed by atoms with E-state index >= 15 is 0 Å². The third-order valence-corrected chi connectivity index (χ3v) is 4.54. The monoisotopic (exact) mass is 347 g/mol. The fraction of sp³-hybridized carbons (Fsp3) is 0. The van der Waals surface area contributed by atoms with Gasteiger partial charge in [0.1, 0.15) is 10.7 Å². The fourth-order valence-electron chi connectivity index (χ4n) is 1.25. The third-order valence-electron chi connectivity index (χ3n) is 1.99. The molecule has 0 saturated heterocycles. The van der Waals surface area contributed by atoms with Gasteiger partial charge in [0, 0.05) is 10.7 Å². The summed E-state index contributed by atoms with van der Waals surface area (Å²) >= 11 is 8.77. The van der Waals surface area contributed by atoms with Crippen LogP contribution in [-0.4, -0.2) is 18.4 Å². The summed E-state index contributed by atoms with van der Waals surface area (Å²) in [6.45, 7) is 0. The van der Waals surface area contributed by atoms with Gasteiger partial charge in [-0.05, 0) is 45.7 Å². The molecule has 5 nitrogen and oxygen atoms in total. The smallest absolute Gasteiger partial charge is 0.263 e. The lowest BCUT2D eigenvalue weighted by atomic mass is 10.4. The van der Waals surface area contributed by atoms with Gasteiger partial charge >= 0.3 is 0 Å². The van der Waals surface area contributed by atoms with Crippen molar-refractivity contribution in [2.75, 3.05) is 4.72 Å². The molecule has 0 atom stereocenters. The molecule has 18 heavy (non-hydrogen) atoms. The number of hydrogen-bond acceptors (Lipinski definition) is 4. The largest absolute Gasteiger partial charge is 0.264 e. The van der Waals surface area contributed by atoms with Crippen molar-refractivity contribution in [3.05, 3.63) is 46.3 Å². The predicted octanol–water partition coefficient (Wildman–Crippen LogP) is 2.69. The van der Waals surface area contributed by atoms with Crippen molar-refractivity contribution in [3.8, 4) is 0 Å². The Morgan fingerprint density at radius 1 is 1.22 bits per heavy atom. The van der Waals surface area contributed by atoms with E-state index in [0.29, 0.717) is 4.47 Å². The van der Waals surface area contributed by atoms with Crippen molar-refractivity contribution < 1.29 is 8.42 Å². The van der Waals surface area contributed by atoms with Crippen LogP contribution in [0.2, 0.25) is 5.28 Å². The average molecular weight is 349 g/mol. The second kappa shape index (κ2) is 5.21. The Hall–Kier alpha value is -1.18. The lowest BCUT2D eigenvalue weighted by Crippen LogP contribution is -2.14. The van der Waals surface area contributed by atoms with Crippen LogP contribution in [0.5, 0.6) is 0 Å². The molecule has 0 fully saturated rings. The van der Waals surface area contributed by atoms with E-state index in [-0.39, 0.29) is 16.0 Å². The summed E-state index contributed by atoms with van der Waals surface area (Å²) in [6.07, 6.45) is 1.37. The minimum atomic E-state index is -3.71. The number of sulfonamides is 1. The van der Waals surface area contributed by atoms with Gasteiger partial charge in [-0.3, -0.25) is 4.72 Å². The van der Waals surface area contributed by atoms with Gasteiger partial charge in [0.25, 0.3) is 10.0 Å². The number of benzene rings is 1. The molecule has 0 aliphatic heterocycles. The first-order valence-electron chi connectivity index (χ1n) is 4.75. The van der Waals surface area contributed by atoms with Crippen LogP contribution in [0, 0.1) is 0 Å². The molecule has 0 spiro atoms. The molecule has 0 aliphatic rings. The molecule has 8 heteroatoms. The Kier molecular flexibility index (Phi) is 3.84. The van der Waals surface area contributed by atoms with Crippen LogP contribution in [0.1, 0.15) is 0 Å². The minimum absolute atomic E-state index is 0.0256. The summed E-state index contributed by atoms with van der Waals surface area (Å²) in [6, 6.07) is 7.90. The van der Waals surface area contributed by atoms with Gasteiger partial charge in [-0.1, -0.05) is 12.1 Å². The average Bonchev–Trinajstić information content (AvgIpc) is 2.28. The van der Waals surface area contributed by atoms with Crippen LogP contribution < -0.4 is 4.72 Å². The highest BCUT2D eigenvalue weighted by molar-refractivity contribution is 9.10. The van der Waals surface area contributed by atoms with Gasteiger partial charge in [-0.15, -0.1) is 0 Å². The van der Waals surface area contributed by atoms with Crippen LogP contribution in [0.15, 0.2) is 45.9 Å². The summed E-state index contributed by atoms with van der Waals surface area (Å²) in [4.78, 5) is 7.56. The fourth-order valence-corrected chi connectivity index (χ4v) is 3.40. The highest BCUT2D eigenvalue weighted by Gasteiger charge is 2.17. The number of nitrogens with zero attached hydrogens (tertiary/aromatic N) is 2. The van der Waals surface area contributed by atoms with Crippen LogP contribution >= 0.6 is 27.5 Å². The van der Waals surface area contributed by atoms with E-state index in [1.54, 1.807) is 18.2 Å². The number of hydrogen-bond donors (Lipinski definition) is 1. The molecular weight excluding hydrogens is 342 g/mol. The van der Waals surface area contributed by atoms with Crippen LogP contribution in [0.3, 0.4) is 0 Å². The Morgan fingerprint density at radius 3 is 2.61 bits per heavy atom. The predicted molar refractivity (Wildman–Crippen MR) is 72.0 cm³/mol. The molecule has 1 aromatic heterocycles. The normalized spacial score (nSPS) is 11.2. The molecule has 1 N–H and O–H groups in total. The van der Waals surface area contributed by atoms with E-state index in [4.69, 9.17) is 11.6 Å². The standard InChI is InChI=1S/C10H7BrClN3O2S/c11-7-3-1-2-4-8(7)18(16,17)15-9-5-6-13-10(12)14-9/h1-6H,(H,13,14,15). The van der Waals surface area contributed by atoms with E-state index < -0.39 is 10.0 Å². The van der Waals surface area contributed by atoms with Crippen molar-refractivity contribution >= 4 is 43.4 Å². The van der Waals surface area contributed by atoms with E-state index in [9.17, 15) is 8.42 Å². The zero-order valence-electron chi connectivity index (χ0n) is 8.84. The maximum atomic E-state index is 12.1. The molecule has 1 aromatic carbocycles. The van der Waals surface area contributed by atoms with E-state index in [1.165, 1.54) is 18.3 Å². The molecule has 94 valence electrons. The zero-order chi connectivity index (χ0) is 13.2. The lowest BCUT2D eigenvalue weighted by Gasteiger charge is -2.08. The molecule has 2 rings (SSSR count). The topological polar surface area (TPSA) is 72.0 Å². The summed E-state index contributed by atoms with van der Waals surface area (Å²) in [5, 5.41) is -0.0256. The molecular formula is C10H7BrClN3O2S. The first-order valence-corrected chi connectivity index (χ1v) is 7.40. The highest BCUT2D eigenvalue weighted by Crippen LogP contribution is 2.23. The zero-order valence-corrected chi connectivity index (χ0v) is 12.0. The minimum Gasteiger partial charge on any atom is -0.263 e. The van der Waals surface area contributed by atoms with Crippen LogP contribution in [-0.2, 0) is 10.0 Å². The highest BCUT2D eigenvalue weighted by atomic mass is 79.9. The molecule has 0 unspecified atom stereocenters. The third kappa shape index (κ3) is 2.98. The number of nitrogens with one attached hydrogen (secondary N) is 1. The molecule has 0 amide bonds. The van der Waals surface area contributed by atoms with Crippen molar-refractivity contribution in [2.24, 2.45) is 0 Å². The second-order valence-electron chi connectivity index (χ2n) is 3.25. The number of rotatable bonds is 3.